The maximum absolute atomic E-state index is 11.0. The summed E-state index contributed by atoms with van der Waals surface area (Å²) in [5.41, 5.74) is 8.13. The molecule has 12 heteroatoms. The predicted molar refractivity (Wildman–Crippen MR) is 121 cm³/mol. The van der Waals surface area contributed by atoms with E-state index >= 15 is 0 Å². The molecule has 32 heavy (non-hydrogen) atoms. The summed E-state index contributed by atoms with van der Waals surface area (Å²) in [5, 5.41) is 8.17. The quantitative estimate of drug-likeness (QED) is 0.220. The van der Waals surface area contributed by atoms with Crippen molar-refractivity contribution in [1.82, 2.24) is 0 Å². The number of benzene rings is 3. The number of nitrogens with one attached hydrogen (secondary N) is 2. The van der Waals surface area contributed by atoms with Gasteiger partial charge >= 0.3 is 0 Å². The van der Waals surface area contributed by atoms with Crippen molar-refractivity contribution in [3.8, 4) is 0 Å². The van der Waals surface area contributed by atoms with Crippen LogP contribution in [0, 0.1) is 0 Å². The lowest BCUT2D eigenvalue weighted by atomic mass is 10.1. The fourth-order valence-electron chi connectivity index (χ4n) is 2.49. The van der Waals surface area contributed by atoms with Gasteiger partial charge in [0, 0.05) is 0 Å². The Morgan fingerprint density at radius 1 is 0.625 bits per heavy atom. The first kappa shape index (κ1) is 23.1. The largest absolute Gasteiger partial charge is 0.294 e. The Morgan fingerprint density at radius 3 is 1.34 bits per heavy atom. The van der Waals surface area contributed by atoms with Crippen LogP contribution in [0.25, 0.3) is 0 Å². The van der Waals surface area contributed by atoms with Crippen LogP contribution in [0.2, 0.25) is 0 Å². The van der Waals surface area contributed by atoms with Crippen LogP contribution in [0.4, 0.5) is 11.4 Å². The van der Waals surface area contributed by atoms with E-state index in [1.165, 1.54) is 48.5 Å². The summed E-state index contributed by atoms with van der Waals surface area (Å²) >= 11 is 0. The van der Waals surface area contributed by atoms with Gasteiger partial charge < -0.3 is 0 Å². The van der Waals surface area contributed by atoms with Gasteiger partial charge in [0.1, 0.15) is 0 Å². The molecule has 0 atom stereocenters. The molecule has 0 aromatic heterocycles. The molecule has 3 rings (SSSR count). The number of hydrazone groups is 2. The van der Waals surface area contributed by atoms with Crippen LogP contribution >= 0.6 is 0 Å². The molecule has 3 aromatic rings. The summed E-state index contributed by atoms with van der Waals surface area (Å²) in [7, 11) is -8.48. The van der Waals surface area contributed by atoms with Gasteiger partial charge in [0.25, 0.3) is 20.2 Å². The van der Waals surface area contributed by atoms with Crippen molar-refractivity contribution in [2.75, 3.05) is 10.9 Å². The predicted octanol–water partition coefficient (Wildman–Crippen LogP) is 3.07. The minimum absolute atomic E-state index is 0.206. The standard InChI is InChI=1S/C20H18N4O6S2/c25-31(26,27)19-8-4-17(5-9-19)23-21-13-15-2-1-3-16(12-15)14-22-24-18-6-10-20(11-7-18)32(28,29)30/h1-14,23-24H,(H,25,26,27)(H,28,29,30). The van der Waals surface area contributed by atoms with E-state index in [1.807, 2.05) is 24.3 Å². The first-order chi connectivity index (χ1) is 15.1. The molecule has 0 unspecified atom stereocenters. The number of nitrogens with zero attached hydrogens (tertiary/aromatic N) is 2. The molecular weight excluding hydrogens is 456 g/mol. The summed E-state index contributed by atoms with van der Waals surface area (Å²) in [4.78, 5) is -0.413. The second-order valence-electron chi connectivity index (χ2n) is 6.41. The first-order valence-electron chi connectivity index (χ1n) is 8.95. The summed E-state index contributed by atoms with van der Waals surface area (Å²) in [6.07, 6.45) is 3.13. The summed E-state index contributed by atoms with van der Waals surface area (Å²) < 4.78 is 62.1. The van der Waals surface area contributed by atoms with Crippen LogP contribution in [0.3, 0.4) is 0 Å². The Morgan fingerprint density at radius 2 is 1.00 bits per heavy atom. The van der Waals surface area contributed by atoms with Gasteiger partial charge in [-0.05, 0) is 65.7 Å². The minimum Gasteiger partial charge on any atom is -0.282 e. The van der Waals surface area contributed by atoms with Crippen LogP contribution in [0.15, 0.2) is 92.8 Å². The first-order valence-corrected chi connectivity index (χ1v) is 11.8. The minimum atomic E-state index is -4.24. The van der Waals surface area contributed by atoms with Crippen molar-refractivity contribution in [1.29, 1.82) is 0 Å². The highest BCUT2D eigenvalue weighted by atomic mass is 32.2. The fraction of sp³-hybridized carbons (Fsp3) is 0. The zero-order valence-corrected chi connectivity index (χ0v) is 18.0. The van der Waals surface area contributed by atoms with Crippen molar-refractivity contribution in [3.63, 3.8) is 0 Å². The van der Waals surface area contributed by atoms with Crippen LogP contribution in [-0.2, 0) is 20.2 Å². The van der Waals surface area contributed by atoms with Gasteiger partial charge in [-0.25, -0.2) is 0 Å². The Labute approximate surface area is 184 Å². The van der Waals surface area contributed by atoms with Gasteiger partial charge in [-0.2, -0.15) is 27.0 Å². The average molecular weight is 475 g/mol. The zero-order chi connectivity index (χ0) is 23.2. The van der Waals surface area contributed by atoms with E-state index in [9.17, 15) is 16.8 Å². The zero-order valence-electron chi connectivity index (χ0n) is 16.3. The van der Waals surface area contributed by atoms with E-state index in [1.54, 1.807) is 12.4 Å². The third kappa shape index (κ3) is 6.72. The molecule has 0 aliphatic rings. The lowest BCUT2D eigenvalue weighted by Crippen LogP contribution is -1.98. The lowest BCUT2D eigenvalue weighted by Gasteiger charge is -2.02. The van der Waals surface area contributed by atoms with Gasteiger partial charge in [-0.3, -0.25) is 20.0 Å². The summed E-state index contributed by atoms with van der Waals surface area (Å²) in [6.45, 7) is 0. The Hall–Kier alpha value is -3.58. The lowest BCUT2D eigenvalue weighted by molar-refractivity contribution is 0.481. The molecule has 166 valence electrons. The third-order valence-electron chi connectivity index (χ3n) is 4.03. The molecule has 4 N–H and O–H groups in total. The van der Waals surface area contributed by atoms with Crippen molar-refractivity contribution >= 4 is 44.0 Å². The van der Waals surface area contributed by atoms with Gasteiger partial charge in [0.15, 0.2) is 0 Å². The van der Waals surface area contributed by atoms with E-state index in [2.05, 4.69) is 21.1 Å². The second-order valence-corrected chi connectivity index (χ2v) is 9.25. The monoisotopic (exact) mass is 474 g/mol. The topological polar surface area (TPSA) is 158 Å². The maximum Gasteiger partial charge on any atom is 0.294 e. The molecule has 0 heterocycles. The molecule has 0 radical (unpaired) electrons. The maximum atomic E-state index is 11.0. The molecule has 3 aromatic carbocycles. The smallest absolute Gasteiger partial charge is 0.282 e. The number of hydrogen-bond donors (Lipinski definition) is 4. The Balaban J connectivity index is 1.59. The summed E-state index contributed by atoms with van der Waals surface area (Å²) in [6, 6.07) is 18.2. The molecule has 0 aliphatic heterocycles. The molecular formula is C20H18N4O6S2. The molecule has 0 amide bonds. The fourth-order valence-corrected chi connectivity index (χ4v) is 3.45. The van der Waals surface area contributed by atoms with Crippen LogP contribution < -0.4 is 10.9 Å². The molecule has 0 aliphatic carbocycles. The van der Waals surface area contributed by atoms with Gasteiger partial charge in [0.05, 0.1) is 33.6 Å². The summed E-state index contributed by atoms with van der Waals surface area (Å²) in [5.74, 6) is 0. The van der Waals surface area contributed by atoms with E-state index in [0.717, 1.165) is 11.1 Å². The van der Waals surface area contributed by atoms with Crippen molar-refractivity contribution in [3.05, 3.63) is 83.9 Å². The van der Waals surface area contributed by atoms with Crippen LogP contribution in [0.1, 0.15) is 11.1 Å². The van der Waals surface area contributed by atoms with Gasteiger partial charge in [-0.1, -0.05) is 18.2 Å². The highest BCUT2D eigenvalue weighted by molar-refractivity contribution is 7.86. The molecule has 10 nitrogen and oxygen atoms in total. The van der Waals surface area contributed by atoms with E-state index < -0.39 is 20.2 Å². The molecule has 0 saturated heterocycles. The number of anilines is 2. The van der Waals surface area contributed by atoms with E-state index in [0.29, 0.717) is 11.4 Å². The molecule has 0 spiro atoms. The van der Waals surface area contributed by atoms with Crippen molar-refractivity contribution < 1.29 is 25.9 Å². The van der Waals surface area contributed by atoms with Crippen LogP contribution in [0.5, 0.6) is 0 Å². The normalized spacial score (nSPS) is 12.3. The van der Waals surface area contributed by atoms with Crippen LogP contribution in [-0.4, -0.2) is 38.4 Å². The van der Waals surface area contributed by atoms with Crippen molar-refractivity contribution in [2.45, 2.75) is 9.79 Å². The highest BCUT2D eigenvalue weighted by Crippen LogP contribution is 2.14. The van der Waals surface area contributed by atoms with Gasteiger partial charge in [-0.15, -0.1) is 0 Å². The second kappa shape index (κ2) is 9.70. The number of rotatable bonds is 8. The molecule has 0 saturated carbocycles. The van der Waals surface area contributed by atoms with E-state index in [-0.39, 0.29) is 9.79 Å². The average Bonchev–Trinajstić information content (AvgIpc) is 2.74. The third-order valence-corrected chi connectivity index (χ3v) is 5.77. The number of hydrogen-bond acceptors (Lipinski definition) is 8. The Kier molecular flexibility index (Phi) is 7.00. The molecule has 0 fully saturated rings. The van der Waals surface area contributed by atoms with Gasteiger partial charge in [0.2, 0.25) is 0 Å². The Bertz CT molecular complexity index is 1250. The highest BCUT2D eigenvalue weighted by Gasteiger charge is 2.08. The van der Waals surface area contributed by atoms with Crippen molar-refractivity contribution in [2.24, 2.45) is 10.2 Å². The molecule has 0 bridgehead atoms. The SMILES string of the molecule is O=S(=O)(O)c1ccc(NN=Cc2cccc(C=NNc3ccc(S(=O)(=O)O)cc3)c2)cc1. The van der Waals surface area contributed by atoms with E-state index in [4.69, 9.17) is 9.11 Å².